The highest BCUT2D eigenvalue weighted by Crippen LogP contribution is 2.35. The van der Waals surface area contributed by atoms with Crippen LogP contribution in [0.5, 0.6) is 0 Å². The highest BCUT2D eigenvalue weighted by Gasteiger charge is 2.40. The van der Waals surface area contributed by atoms with Crippen molar-refractivity contribution in [1.29, 1.82) is 0 Å². The minimum Gasteiger partial charge on any atom is -0.459 e. The molecule has 1 fully saturated rings. The van der Waals surface area contributed by atoms with Crippen molar-refractivity contribution in [3.05, 3.63) is 29.0 Å². The molecular formula is C16H18ClFN2O4S. The molecule has 136 valence electrons. The summed E-state index contributed by atoms with van der Waals surface area (Å²) in [4.78, 5) is 37.3. The first-order chi connectivity index (χ1) is 11.8. The first kappa shape index (κ1) is 19.5. The lowest BCUT2D eigenvalue weighted by molar-refractivity contribution is -0.159. The minimum absolute atomic E-state index is 0.0783. The van der Waals surface area contributed by atoms with E-state index in [0.29, 0.717) is 12.1 Å². The fraction of sp³-hybridized carbons (Fsp3) is 0.438. The third-order valence-corrected chi connectivity index (χ3v) is 5.55. The molecule has 1 N–H and O–H groups in total. The second-order valence-electron chi connectivity index (χ2n) is 5.63. The molecule has 6 nitrogen and oxygen atoms in total. The number of hydrogen-bond donors (Lipinski definition) is 1. The summed E-state index contributed by atoms with van der Waals surface area (Å²) in [6.45, 7) is 3.77. The van der Waals surface area contributed by atoms with E-state index in [4.69, 9.17) is 16.3 Å². The second kappa shape index (κ2) is 8.05. The first-order valence-electron chi connectivity index (χ1n) is 7.63. The Morgan fingerprint density at radius 3 is 2.72 bits per heavy atom. The zero-order chi connectivity index (χ0) is 18.6. The number of rotatable bonds is 3. The van der Waals surface area contributed by atoms with Crippen LogP contribution in [0.1, 0.15) is 20.3 Å². The molecule has 1 saturated heterocycles. The summed E-state index contributed by atoms with van der Waals surface area (Å²) in [5.41, 5.74) is 0.392. The normalized spacial score (nSPS) is 20.1. The van der Waals surface area contributed by atoms with E-state index in [1.807, 2.05) is 0 Å². The highest BCUT2D eigenvalue weighted by atomic mass is 35.5. The number of amides is 2. The van der Waals surface area contributed by atoms with Crippen LogP contribution in [0.15, 0.2) is 18.2 Å². The number of hydrogen-bond acceptors (Lipinski definition) is 5. The van der Waals surface area contributed by atoms with E-state index in [2.05, 4.69) is 5.32 Å². The summed E-state index contributed by atoms with van der Waals surface area (Å²) in [5.74, 6) is -2.24. The van der Waals surface area contributed by atoms with E-state index < -0.39 is 22.4 Å². The van der Waals surface area contributed by atoms with E-state index in [1.165, 1.54) is 34.9 Å². The molecule has 0 radical (unpaired) electrons. The minimum atomic E-state index is -0.892. The standard InChI is InChI=1S/C16H18ClFN2O4S/c1-3-24-14(22)13(21)20-7-6-16(2,25-9-20)15(23)19-10-4-5-12(18)11(17)8-10/h4-5,8H,3,6-7,9H2,1-2H3,(H,19,23)/t16-/m1/s1. The molecule has 1 atom stereocenters. The molecule has 1 aromatic carbocycles. The summed E-state index contributed by atoms with van der Waals surface area (Å²) < 4.78 is 17.1. The van der Waals surface area contributed by atoms with Gasteiger partial charge in [-0.15, -0.1) is 11.8 Å². The Kier molecular flexibility index (Phi) is 6.29. The van der Waals surface area contributed by atoms with Gasteiger partial charge in [-0.3, -0.25) is 9.59 Å². The number of esters is 1. The smallest absolute Gasteiger partial charge is 0.397 e. The molecule has 0 saturated carbocycles. The fourth-order valence-corrected chi connectivity index (χ4v) is 3.49. The van der Waals surface area contributed by atoms with Crippen molar-refractivity contribution in [3.8, 4) is 0 Å². The number of halogens is 2. The Bertz CT molecular complexity index is 693. The summed E-state index contributed by atoms with van der Waals surface area (Å²) in [5, 5.41) is 2.62. The van der Waals surface area contributed by atoms with Crippen LogP contribution in [0.25, 0.3) is 0 Å². The number of carbonyl (C=O) groups is 3. The van der Waals surface area contributed by atoms with E-state index >= 15 is 0 Å². The molecule has 0 aliphatic carbocycles. The predicted molar refractivity (Wildman–Crippen MR) is 93.9 cm³/mol. The van der Waals surface area contributed by atoms with Crippen LogP contribution in [0.4, 0.5) is 10.1 Å². The zero-order valence-electron chi connectivity index (χ0n) is 13.8. The Labute approximate surface area is 154 Å². The Hall–Kier alpha value is -1.80. The van der Waals surface area contributed by atoms with Crippen LogP contribution in [0.2, 0.25) is 5.02 Å². The van der Waals surface area contributed by atoms with Gasteiger partial charge < -0.3 is 15.0 Å². The van der Waals surface area contributed by atoms with Crippen LogP contribution in [-0.2, 0) is 19.1 Å². The monoisotopic (exact) mass is 388 g/mol. The van der Waals surface area contributed by atoms with Gasteiger partial charge in [0.1, 0.15) is 5.82 Å². The number of carbonyl (C=O) groups excluding carboxylic acids is 3. The Morgan fingerprint density at radius 2 is 2.16 bits per heavy atom. The lowest BCUT2D eigenvalue weighted by Crippen LogP contribution is -2.49. The molecule has 9 heteroatoms. The number of nitrogens with one attached hydrogen (secondary N) is 1. The Balaban J connectivity index is 1.96. The number of thioether (sulfide) groups is 1. The molecule has 0 unspecified atom stereocenters. The van der Waals surface area contributed by atoms with Crippen molar-refractivity contribution < 1.29 is 23.5 Å². The second-order valence-corrected chi connectivity index (χ2v) is 7.48. The van der Waals surface area contributed by atoms with E-state index in [1.54, 1.807) is 13.8 Å². The van der Waals surface area contributed by atoms with Crippen LogP contribution in [-0.4, -0.2) is 46.5 Å². The van der Waals surface area contributed by atoms with Gasteiger partial charge >= 0.3 is 11.9 Å². The maximum absolute atomic E-state index is 13.2. The number of ether oxygens (including phenoxy) is 1. The number of anilines is 1. The molecule has 2 rings (SSSR count). The van der Waals surface area contributed by atoms with Gasteiger partial charge in [-0.05, 0) is 38.5 Å². The lowest BCUT2D eigenvalue weighted by atomic mass is 10.0. The summed E-state index contributed by atoms with van der Waals surface area (Å²) >= 11 is 6.96. The molecule has 1 heterocycles. The summed E-state index contributed by atoms with van der Waals surface area (Å²) in [7, 11) is 0. The maximum Gasteiger partial charge on any atom is 0.397 e. The summed E-state index contributed by atoms with van der Waals surface area (Å²) in [6.07, 6.45) is 0.365. The summed E-state index contributed by atoms with van der Waals surface area (Å²) in [6, 6.07) is 3.93. The van der Waals surface area contributed by atoms with Gasteiger partial charge in [-0.1, -0.05) is 11.6 Å². The predicted octanol–water partition coefficient (Wildman–Crippen LogP) is 2.66. The van der Waals surface area contributed by atoms with Crippen molar-refractivity contribution in [3.63, 3.8) is 0 Å². The van der Waals surface area contributed by atoms with Gasteiger partial charge in [0.15, 0.2) is 0 Å². The molecule has 0 spiro atoms. The van der Waals surface area contributed by atoms with Gasteiger partial charge in [0.2, 0.25) is 5.91 Å². The lowest BCUT2D eigenvalue weighted by Gasteiger charge is -2.37. The van der Waals surface area contributed by atoms with Crippen LogP contribution in [0.3, 0.4) is 0 Å². The average molecular weight is 389 g/mol. The topological polar surface area (TPSA) is 75.7 Å². The molecule has 25 heavy (non-hydrogen) atoms. The quantitative estimate of drug-likeness (QED) is 0.636. The van der Waals surface area contributed by atoms with Gasteiger partial charge in [0, 0.05) is 12.2 Å². The largest absolute Gasteiger partial charge is 0.459 e. The zero-order valence-corrected chi connectivity index (χ0v) is 15.4. The molecule has 2 amide bonds. The van der Waals surface area contributed by atoms with Gasteiger partial charge in [0.05, 0.1) is 22.3 Å². The van der Waals surface area contributed by atoms with Crippen molar-refractivity contribution in [1.82, 2.24) is 4.90 Å². The molecule has 0 bridgehead atoms. The van der Waals surface area contributed by atoms with E-state index in [9.17, 15) is 18.8 Å². The number of nitrogens with zero attached hydrogens (tertiary/aromatic N) is 1. The average Bonchev–Trinajstić information content (AvgIpc) is 2.58. The van der Waals surface area contributed by atoms with Crippen molar-refractivity contribution >= 4 is 46.8 Å². The molecule has 1 aromatic rings. The van der Waals surface area contributed by atoms with Gasteiger partial charge in [0.25, 0.3) is 0 Å². The van der Waals surface area contributed by atoms with E-state index in [-0.39, 0.29) is 30.0 Å². The molecular weight excluding hydrogens is 371 g/mol. The highest BCUT2D eigenvalue weighted by molar-refractivity contribution is 8.01. The molecule has 1 aliphatic heterocycles. The van der Waals surface area contributed by atoms with Crippen molar-refractivity contribution in [2.45, 2.75) is 25.0 Å². The number of benzene rings is 1. The van der Waals surface area contributed by atoms with Crippen LogP contribution < -0.4 is 5.32 Å². The molecule has 1 aliphatic rings. The van der Waals surface area contributed by atoms with Crippen molar-refractivity contribution in [2.75, 3.05) is 24.3 Å². The van der Waals surface area contributed by atoms with E-state index in [0.717, 1.165) is 0 Å². The SMILES string of the molecule is CCOC(=O)C(=O)N1CC[C@](C)(C(=O)Nc2ccc(F)c(Cl)c2)SC1. The first-order valence-corrected chi connectivity index (χ1v) is 8.99. The maximum atomic E-state index is 13.2. The third-order valence-electron chi connectivity index (χ3n) is 3.79. The van der Waals surface area contributed by atoms with Gasteiger partial charge in [-0.2, -0.15) is 0 Å². The van der Waals surface area contributed by atoms with Crippen LogP contribution >= 0.6 is 23.4 Å². The van der Waals surface area contributed by atoms with Crippen LogP contribution in [0, 0.1) is 5.82 Å². The molecule has 0 aromatic heterocycles. The fourth-order valence-electron chi connectivity index (χ4n) is 2.20. The van der Waals surface area contributed by atoms with Gasteiger partial charge in [-0.25, -0.2) is 9.18 Å². The third kappa shape index (κ3) is 4.64. The Morgan fingerprint density at radius 1 is 1.44 bits per heavy atom. The van der Waals surface area contributed by atoms with Crippen molar-refractivity contribution in [2.24, 2.45) is 0 Å².